The van der Waals surface area contributed by atoms with Gasteiger partial charge >= 0.3 is 0 Å². The zero-order chi connectivity index (χ0) is 20.8. The van der Waals surface area contributed by atoms with Crippen LogP contribution >= 0.6 is 0 Å². The highest BCUT2D eigenvalue weighted by atomic mass is 16.5. The first-order chi connectivity index (χ1) is 14.0. The van der Waals surface area contributed by atoms with Crippen LogP contribution in [0.5, 0.6) is 5.75 Å². The average molecular weight is 397 g/mol. The molecule has 1 fully saturated rings. The fourth-order valence-electron chi connectivity index (χ4n) is 3.97. The van der Waals surface area contributed by atoms with E-state index in [2.05, 4.69) is 42.3 Å². The SMILES string of the molecule is CC[C@@H](C)c1ccccc1NC(=O)[C@H](C)[NH+]1CCN(c2ccc(OC)cc2)CC1. The summed E-state index contributed by atoms with van der Waals surface area (Å²) in [7, 11) is 1.69. The van der Waals surface area contributed by atoms with E-state index in [0.717, 1.165) is 44.0 Å². The third kappa shape index (κ3) is 5.10. The van der Waals surface area contributed by atoms with E-state index in [9.17, 15) is 4.79 Å². The highest BCUT2D eigenvalue weighted by Gasteiger charge is 2.29. The number of amides is 1. The molecule has 0 spiro atoms. The molecule has 156 valence electrons. The highest BCUT2D eigenvalue weighted by molar-refractivity contribution is 5.94. The standard InChI is InChI=1S/C24H33N3O2/c1-5-18(2)22-8-6-7-9-23(22)25-24(28)19(3)26-14-16-27(17-15-26)20-10-12-21(29-4)13-11-20/h6-13,18-19H,5,14-17H2,1-4H3,(H,25,28)/p+1/t18-,19+/m1/s1. The number of rotatable bonds is 7. The van der Waals surface area contributed by atoms with Gasteiger partial charge in [0.15, 0.2) is 6.04 Å². The number of quaternary nitrogens is 1. The molecule has 2 N–H and O–H groups in total. The van der Waals surface area contributed by atoms with Gasteiger partial charge in [-0.3, -0.25) is 4.79 Å². The summed E-state index contributed by atoms with van der Waals surface area (Å²) in [5.74, 6) is 1.41. The Hall–Kier alpha value is -2.53. The van der Waals surface area contributed by atoms with Crippen molar-refractivity contribution in [2.24, 2.45) is 0 Å². The number of nitrogens with zero attached hydrogens (tertiary/aromatic N) is 1. The number of benzene rings is 2. The van der Waals surface area contributed by atoms with Crippen LogP contribution in [0.25, 0.3) is 0 Å². The smallest absolute Gasteiger partial charge is 0.282 e. The van der Waals surface area contributed by atoms with E-state index in [1.807, 2.05) is 37.3 Å². The molecular formula is C24H34N3O2+. The van der Waals surface area contributed by atoms with Crippen molar-refractivity contribution in [2.45, 2.75) is 39.2 Å². The molecule has 2 atom stereocenters. The molecule has 1 saturated heterocycles. The summed E-state index contributed by atoms with van der Waals surface area (Å²) in [5.41, 5.74) is 3.38. The fraction of sp³-hybridized carbons (Fsp3) is 0.458. The molecule has 0 saturated carbocycles. The van der Waals surface area contributed by atoms with E-state index in [0.29, 0.717) is 5.92 Å². The number of methoxy groups -OCH3 is 1. The Bertz CT molecular complexity index is 798. The molecule has 2 aromatic rings. The summed E-state index contributed by atoms with van der Waals surface area (Å²) in [6.07, 6.45) is 1.06. The van der Waals surface area contributed by atoms with Crippen LogP contribution in [0.3, 0.4) is 0 Å². The van der Waals surface area contributed by atoms with Gasteiger partial charge in [0, 0.05) is 11.4 Å². The molecule has 1 aliphatic heterocycles. The predicted molar refractivity (Wildman–Crippen MR) is 119 cm³/mol. The molecule has 0 unspecified atom stereocenters. The molecule has 2 aromatic carbocycles. The summed E-state index contributed by atoms with van der Waals surface area (Å²) in [6, 6.07) is 16.3. The zero-order valence-corrected chi connectivity index (χ0v) is 18.1. The number of hydrogen-bond acceptors (Lipinski definition) is 3. The van der Waals surface area contributed by atoms with Gasteiger partial charge in [-0.1, -0.05) is 32.0 Å². The summed E-state index contributed by atoms with van der Waals surface area (Å²) in [6.45, 7) is 10.2. The topological polar surface area (TPSA) is 46.0 Å². The third-order valence-electron chi connectivity index (χ3n) is 6.21. The molecule has 5 heteroatoms. The normalized spacial score (nSPS) is 16.9. The van der Waals surface area contributed by atoms with Gasteiger partial charge in [0.25, 0.3) is 5.91 Å². The number of carbonyl (C=O) groups is 1. The lowest BCUT2D eigenvalue weighted by Gasteiger charge is -2.36. The van der Waals surface area contributed by atoms with Gasteiger partial charge in [-0.25, -0.2) is 0 Å². The van der Waals surface area contributed by atoms with Gasteiger partial charge < -0.3 is 19.9 Å². The lowest BCUT2D eigenvalue weighted by molar-refractivity contribution is -0.914. The van der Waals surface area contributed by atoms with Crippen molar-refractivity contribution in [1.29, 1.82) is 0 Å². The number of anilines is 2. The Morgan fingerprint density at radius 2 is 1.76 bits per heavy atom. The van der Waals surface area contributed by atoms with Crippen molar-refractivity contribution < 1.29 is 14.4 Å². The molecular weight excluding hydrogens is 362 g/mol. The van der Waals surface area contributed by atoms with Crippen molar-refractivity contribution in [3.8, 4) is 5.75 Å². The van der Waals surface area contributed by atoms with Gasteiger partial charge in [0.2, 0.25) is 0 Å². The Balaban J connectivity index is 1.57. The minimum absolute atomic E-state index is 0.0713. The third-order valence-corrected chi connectivity index (χ3v) is 6.21. The number of para-hydroxylation sites is 1. The van der Waals surface area contributed by atoms with Crippen molar-refractivity contribution >= 4 is 17.3 Å². The van der Waals surface area contributed by atoms with Crippen LogP contribution in [0.1, 0.15) is 38.7 Å². The highest BCUT2D eigenvalue weighted by Crippen LogP contribution is 2.26. The second-order valence-corrected chi connectivity index (χ2v) is 7.95. The molecule has 1 amide bonds. The van der Waals surface area contributed by atoms with E-state index in [1.54, 1.807) is 7.11 Å². The van der Waals surface area contributed by atoms with E-state index in [1.165, 1.54) is 16.2 Å². The zero-order valence-electron chi connectivity index (χ0n) is 18.1. The Morgan fingerprint density at radius 3 is 2.38 bits per heavy atom. The summed E-state index contributed by atoms with van der Waals surface area (Å²) in [4.78, 5) is 16.7. The molecule has 1 heterocycles. The number of ether oxygens (including phenoxy) is 1. The van der Waals surface area contributed by atoms with E-state index in [-0.39, 0.29) is 11.9 Å². The van der Waals surface area contributed by atoms with Crippen molar-refractivity contribution in [1.82, 2.24) is 0 Å². The Labute approximate surface area is 174 Å². The first-order valence-electron chi connectivity index (χ1n) is 10.7. The maximum Gasteiger partial charge on any atom is 0.282 e. The van der Waals surface area contributed by atoms with E-state index < -0.39 is 0 Å². The lowest BCUT2D eigenvalue weighted by Crippen LogP contribution is -3.19. The van der Waals surface area contributed by atoms with Crippen LogP contribution < -0.4 is 19.9 Å². The van der Waals surface area contributed by atoms with Crippen LogP contribution in [0.15, 0.2) is 48.5 Å². The predicted octanol–water partition coefficient (Wildman–Crippen LogP) is 2.94. The largest absolute Gasteiger partial charge is 0.497 e. The first kappa shape index (κ1) is 21.2. The van der Waals surface area contributed by atoms with Crippen LogP contribution in [-0.2, 0) is 4.79 Å². The molecule has 29 heavy (non-hydrogen) atoms. The lowest BCUT2D eigenvalue weighted by atomic mass is 9.97. The molecule has 1 aliphatic rings. The van der Waals surface area contributed by atoms with Gasteiger partial charge in [-0.05, 0) is 55.2 Å². The van der Waals surface area contributed by atoms with Crippen molar-refractivity contribution in [2.75, 3.05) is 43.5 Å². The van der Waals surface area contributed by atoms with Gasteiger partial charge in [-0.15, -0.1) is 0 Å². The van der Waals surface area contributed by atoms with Crippen LogP contribution in [-0.4, -0.2) is 45.2 Å². The maximum absolute atomic E-state index is 12.9. The number of piperazine rings is 1. The molecule has 5 nitrogen and oxygen atoms in total. The number of carbonyl (C=O) groups excluding carboxylic acids is 1. The number of hydrogen-bond donors (Lipinski definition) is 2. The molecule has 0 bridgehead atoms. The second kappa shape index (κ2) is 9.79. The maximum atomic E-state index is 12.9. The minimum Gasteiger partial charge on any atom is -0.497 e. The molecule has 3 rings (SSSR count). The fourth-order valence-corrected chi connectivity index (χ4v) is 3.97. The summed E-state index contributed by atoms with van der Waals surface area (Å²) < 4.78 is 5.24. The van der Waals surface area contributed by atoms with Gasteiger partial charge in [-0.2, -0.15) is 0 Å². The Kier molecular flexibility index (Phi) is 7.15. The monoisotopic (exact) mass is 396 g/mol. The molecule has 0 aliphatic carbocycles. The van der Waals surface area contributed by atoms with E-state index >= 15 is 0 Å². The summed E-state index contributed by atoms with van der Waals surface area (Å²) in [5, 5.41) is 3.19. The number of nitrogens with one attached hydrogen (secondary N) is 2. The van der Waals surface area contributed by atoms with Gasteiger partial charge in [0.1, 0.15) is 5.75 Å². The Morgan fingerprint density at radius 1 is 1.10 bits per heavy atom. The van der Waals surface area contributed by atoms with E-state index in [4.69, 9.17) is 4.74 Å². The quantitative estimate of drug-likeness (QED) is 0.756. The van der Waals surface area contributed by atoms with Gasteiger partial charge in [0.05, 0.1) is 33.3 Å². The minimum atomic E-state index is -0.0713. The average Bonchev–Trinajstić information content (AvgIpc) is 2.78. The van der Waals surface area contributed by atoms with Crippen LogP contribution in [0.4, 0.5) is 11.4 Å². The van der Waals surface area contributed by atoms with Crippen LogP contribution in [0.2, 0.25) is 0 Å². The van der Waals surface area contributed by atoms with Crippen LogP contribution in [0, 0.1) is 0 Å². The summed E-state index contributed by atoms with van der Waals surface area (Å²) >= 11 is 0. The van der Waals surface area contributed by atoms with Crippen molar-refractivity contribution in [3.63, 3.8) is 0 Å². The second-order valence-electron chi connectivity index (χ2n) is 7.95. The molecule has 0 aromatic heterocycles. The first-order valence-corrected chi connectivity index (χ1v) is 10.7. The van der Waals surface area contributed by atoms with Crippen molar-refractivity contribution in [3.05, 3.63) is 54.1 Å². The molecule has 0 radical (unpaired) electrons.